The van der Waals surface area contributed by atoms with E-state index in [4.69, 9.17) is 0 Å². The van der Waals surface area contributed by atoms with E-state index >= 15 is 0 Å². The summed E-state index contributed by atoms with van der Waals surface area (Å²) >= 11 is 0. The first-order valence-corrected chi connectivity index (χ1v) is 8.15. The predicted molar refractivity (Wildman–Crippen MR) is 108 cm³/mol. The topological polar surface area (TPSA) is 73.5 Å². The second-order valence-corrected chi connectivity index (χ2v) is 5.26. The highest BCUT2D eigenvalue weighted by molar-refractivity contribution is 5.95. The lowest BCUT2D eigenvalue weighted by Gasteiger charge is -2.18. The van der Waals surface area contributed by atoms with Gasteiger partial charge < -0.3 is 20.9 Å². The Labute approximate surface area is 162 Å². The van der Waals surface area contributed by atoms with Crippen molar-refractivity contribution in [1.29, 1.82) is 0 Å². The zero-order chi connectivity index (χ0) is 17.1. The molecule has 0 aromatic heterocycles. The van der Waals surface area contributed by atoms with Crippen molar-refractivity contribution in [3.05, 3.63) is 29.8 Å². The zero-order valence-corrected chi connectivity index (χ0v) is 16.8. The average molecular weight is 393 g/mol. The molecule has 0 aliphatic heterocycles. The summed E-state index contributed by atoms with van der Waals surface area (Å²) in [4.78, 5) is 25.9. The molecule has 0 bridgehead atoms. The summed E-state index contributed by atoms with van der Waals surface area (Å²) in [6, 6.07) is 6.94. The van der Waals surface area contributed by atoms with Crippen molar-refractivity contribution in [1.82, 2.24) is 15.5 Å². The van der Waals surface area contributed by atoms with Gasteiger partial charge in [-0.3, -0.25) is 9.59 Å². The van der Waals surface area contributed by atoms with E-state index in [1.807, 2.05) is 0 Å². The van der Waals surface area contributed by atoms with Crippen molar-refractivity contribution in [3.8, 4) is 0 Å². The van der Waals surface area contributed by atoms with Crippen molar-refractivity contribution in [2.45, 2.75) is 20.3 Å². The van der Waals surface area contributed by atoms with Gasteiger partial charge in [-0.2, -0.15) is 0 Å². The highest BCUT2D eigenvalue weighted by Crippen LogP contribution is 2.09. The van der Waals surface area contributed by atoms with E-state index in [0.29, 0.717) is 30.8 Å². The number of nitrogens with one attached hydrogen (secondary N) is 3. The smallest absolute Gasteiger partial charge is 0.251 e. The minimum Gasteiger partial charge on any atom is -0.351 e. The lowest BCUT2D eigenvalue weighted by atomic mass is 10.2. The number of benzene rings is 1. The summed E-state index contributed by atoms with van der Waals surface area (Å²) < 4.78 is 0. The Bertz CT molecular complexity index is 494. The molecule has 25 heavy (non-hydrogen) atoms. The average Bonchev–Trinajstić information content (AvgIpc) is 2.57. The van der Waals surface area contributed by atoms with Gasteiger partial charge in [0.1, 0.15) is 0 Å². The molecule has 1 aromatic carbocycles. The summed E-state index contributed by atoms with van der Waals surface area (Å²) in [5.41, 5.74) is 1.29. The molecule has 2 amide bonds. The molecule has 0 spiro atoms. The second kappa shape index (κ2) is 15.0. The van der Waals surface area contributed by atoms with Gasteiger partial charge in [0, 0.05) is 37.3 Å². The van der Waals surface area contributed by atoms with Crippen molar-refractivity contribution in [2.75, 3.05) is 45.1 Å². The Balaban J connectivity index is 0. The SMILES string of the molecule is CCN(CC)CCNC(=O)c1ccc(NC(=O)CCNC)cc1.Cl.Cl. The van der Waals surface area contributed by atoms with Gasteiger partial charge in [-0.05, 0) is 44.4 Å². The molecule has 1 rings (SSSR count). The van der Waals surface area contributed by atoms with Gasteiger partial charge in [0.25, 0.3) is 5.91 Å². The molecule has 0 heterocycles. The van der Waals surface area contributed by atoms with Gasteiger partial charge in [0.15, 0.2) is 0 Å². The van der Waals surface area contributed by atoms with Crippen LogP contribution in [0.1, 0.15) is 30.6 Å². The van der Waals surface area contributed by atoms with Gasteiger partial charge in [-0.25, -0.2) is 0 Å². The van der Waals surface area contributed by atoms with E-state index in [1.54, 1.807) is 31.3 Å². The molecule has 6 nitrogen and oxygen atoms in total. The Morgan fingerprint density at radius 3 is 2.12 bits per heavy atom. The van der Waals surface area contributed by atoms with Gasteiger partial charge in [0.05, 0.1) is 0 Å². The molecule has 8 heteroatoms. The van der Waals surface area contributed by atoms with Crippen LogP contribution in [0.2, 0.25) is 0 Å². The summed E-state index contributed by atoms with van der Waals surface area (Å²) in [5, 5.41) is 8.64. The van der Waals surface area contributed by atoms with Crippen molar-refractivity contribution >= 4 is 42.3 Å². The molecule has 0 saturated heterocycles. The van der Waals surface area contributed by atoms with Crippen LogP contribution in [0, 0.1) is 0 Å². The Morgan fingerprint density at radius 2 is 1.60 bits per heavy atom. The number of carbonyl (C=O) groups is 2. The molecular formula is C17H30Cl2N4O2. The number of hydrogen-bond donors (Lipinski definition) is 3. The van der Waals surface area contributed by atoms with Crippen LogP contribution in [0.3, 0.4) is 0 Å². The number of rotatable bonds is 10. The van der Waals surface area contributed by atoms with E-state index in [1.165, 1.54) is 0 Å². The lowest BCUT2D eigenvalue weighted by molar-refractivity contribution is -0.116. The maximum atomic E-state index is 12.1. The van der Waals surface area contributed by atoms with E-state index in [9.17, 15) is 9.59 Å². The monoisotopic (exact) mass is 392 g/mol. The number of likely N-dealkylation sites (N-methyl/N-ethyl adjacent to an activating group) is 1. The Kier molecular flexibility index (Phi) is 15.5. The quantitative estimate of drug-likeness (QED) is 0.570. The van der Waals surface area contributed by atoms with Crippen LogP contribution in [0.25, 0.3) is 0 Å². The van der Waals surface area contributed by atoms with Crippen molar-refractivity contribution in [2.24, 2.45) is 0 Å². The van der Waals surface area contributed by atoms with Gasteiger partial charge in [0.2, 0.25) is 5.91 Å². The Morgan fingerprint density at radius 1 is 1.00 bits per heavy atom. The second-order valence-electron chi connectivity index (χ2n) is 5.26. The fourth-order valence-electron chi connectivity index (χ4n) is 2.14. The fraction of sp³-hybridized carbons (Fsp3) is 0.529. The maximum Gasteiger partial charge on any atom is 0.251 e. The van der Waals surface area contributed by atoms with Crippen molar-refractivity contribution in [3.63, 3.8) is 0 Å². The maximum absolute atomic E-state index is 12.1. The predicted octanol–water partition coefficient (Wildman–Crippen LogP) is 2.15. The highest BCUT2D eigenvalue weighted by Gasteiger charge is 2.07. The summed E-state index contributed by atoms with van der Waals surface area (Å²) in [7, 11) is 1.81. The Hall–Kier alpha value is -1.34. The van der Waals surface area contributed by atoms with Crippen LogP contribution in [0.5, 0.6) is 0 Å². The van der Waals surface area contributed by atoms with Crippen LogP contribution in [-0.4, -0.2) is 56.5 Å². The number of hydrogen-bond acceptors (Lipinski definition) is 4. The molecule has 0 aliphatic rings. The largest absolute Gasteiger partial charge is 0.351 e. The number of anilines is 1. The van der Waals surface area contributed by atoms with E-state index in [-0.39, 0.29) is 36.6 Å². The van der Waals surface area contributed by atoms with Gasteiger partial charge in [-0.1, -0.05) is 13.8 Å². The third-order valence-corrected chi connectivity index (χ3v) is 3.64. The summed E-state index contributed by atoms with van der Waals surface area (Å²) in [5.74, 6) is -0.138. The first-order chi connectivity index (χ1) is 11.1. The van der Waals surface area contributed by atoms with Crippen LogP contribution in [-0.2, 0) is 4.79 Å². The van der Waals surface area contributed by atoms with Crippen LogP contribution >= 0.6 is 24.8 Å². The normalized spacial score (nSPS) is 9.76. The molecule has 0 aliphatic carbocycles. The lowest BCUT2D eigenvalue weighted by Crippen LogP contribution is -2.34. The number of nitrogens with zero attached hydrogens (tertiary/aromatic N) is 1. The molecule has 0 atom stereocenters. The minimum atomic E-state index is -0.0924. The molecule has 0 unspecified atom stereocenters. The molecule has 0 radical (unpaired) electrons. The molecule has 0 fully saturated rings. The summed E-state index contributed by atoms with van der Waals surface area (Å²) in [6.45, 7) is 8.28. The number of halogens is 2. The minimum absolute atomic E-state index is 0. The van der Waals surface area contributed by atoms with E-state index in [0.717, 1.165) is 19.6 Å². The number of carbonyl (C=O) groups excluding carboxylic acids is 2. The van der Waals surface area contributed by atoms with E-state index < -0.39 is 0 Å². The molecule has 3 N–H and O–H groups in total. The third kappa shape index (κ3) is 10.3. The van der Waals surface area contributed by atoms with Crippen LogP contribution in [0.4, 0.5) is 5.69 Å². The van der Waals surface area contributed by atoms with Crippen molar-refractivity contribution < 1.29 is 9.59 Å². The van der Waals surface area contributed by atoms with Gasteiger partial charge >= 0.3 is 0 Å². The first kappa shape index (κ1) is 25.9. The van der Waals surface area contributed by atoms with Gasteiger partial charge in [-0.15, -0.1) is 24.8 Å². The first-order valence-electron chi connectivity index (χ1n) is 8.15. The molecule has 144 valence electrons. The molecule has 1 aromatic rings. The summed E-state index contributed by atoms with van der Waals surface area (Å²) in [6.07, 6.45) is 0.421. The number of amides is 2. The van der Waals surface area contributed by atoms with Crippen LogP contribution in [0.15, 0.2) is 24.3 Å². The molecule has 0 saturated carbocycles. The molecular weight excluding hydrogens is 363 g/mol. The highest BCUT2D eigenvalue weighted by atomic mass is 35.5. The van der Waals surface area contributed by atoms with E-state index in [2.05, 4.69) is 34.7 Å². The van der Waals surface area contributed by atoms with Crippen LogP contribution < -0.4 is 16.0 Å². The fourth-order valence-corrected chi connectivity index (χ4v) is 2.14. The third-order valence-electron chi connectivity index (χ3n) is 3.64. The standard InChI is InChI=1S/C17H28N4O2.2ClH/c1-4-21(5-2)13-12-19-17(23)14-6-8-15(9-7-14)20-16(22)10-11-18-3;;/h6-9,18H,4-5,10-13H2,1-3H3,(H,19,23)(H,20,22);2*1H. The zero-order valence-electron chi connectivity index (χ0n) is 15.1.